The number of nitrogens with one attached hydrogen (secondary N) is 1. The summed E-state index contributed by atoms with van der Waals surface area (Å²) in [4.78, 5) is 24.2. The number of likely N-dealkylation sites (N-methyl/N-ethyl adjacent to an activating group) is 1. The van der Waals surface area contributed by atoms with Gasteiger partial charge >= 0.3 is 0 Å². The van der Waals surface area contributed by atoms with E-state index in [4.69, 9.17) is 16.3 Å². The van der Waals surface area contributed by atoms with Crippen LogP contribution in [0.2, 0.25) is 5.02 Å². The van der Waals surface area contributed by atoms with Crippen LogP contribution in [0.3, 0.4) is 0 Å². The fourth-order valence-corrected chi connectivity index (χ4v) is 2.47. The molecule has 0 spiro atoms. The number of benzene rings is 1. The van der Waals surface area contributed by atoms with E-state index in [2.05, 4.69) is 9.97 Å². The van der Waals surface area contributed by atoms with Crippen molar-refractivity contribution >= 4 is 17.5 Å². The van der Waals surface area contributed by atoms with Crippen molar-refractivity contribution in [3.63, 3.8) is 0 Å². The van der Waals surface area contributed by atoms with Gasteiger partial charge in [0.05, 0.1) is 31.2 Å². The summed E-state index contributed by atoms with van der Waals surface area (Å²) in [6, 6.07) is 5.05. The number of imidazole rings is 1. The third-order valence-electron chi connectivity index (χ3n) is 3.77. The Bertz CT molecular complexity index is 700. The molecule has 0 bridgehead atoms. The van der Waals surface area contributed by atoms with Crippen molar-refractivity contribution in [2.24, 2.45) is 0 Å². The van der Waals surface area contributed by atoms with Gasteiger partial charge in [-0.2, -0.15) is 0 Å². The highest BCUT2D eigenvalue weighted by Gasteiger charge is 2.21. The molecule has 0 radical (unpaired) electrons. The molecule has 0 saturated carbocycles. The maximum atomic E-state index is 13.0. The van der Waals surface area contributed by atoms with Gasteiger partial charge in [-0.05, 0) is 39.2 Å². The molecule has 1 N–H and O–H groups in total. The number of aromatic nitrogens is 2. The van der Waals surface area contributed by atoms with Crippen LogP contribution in [0.15, 0.2) is 24.5 Å². The Kier molecular flexibility index (Phi) is 6.23. The summed E-state index contributed by atoms with van der Waals surface area (Å²) >= 11 is 5.99. The molecule has 0 aliphatic carbocycles. The fraction of sp³-hybridized carbons (Fsp3) is 0.412. The van der Waals surface area contributed by atoms with E-state index in [1.54, 1.807) is 29.4 Å². The lowest BCUT2D eigenvalue weighted by Gasteiger charge is -2.25. The van der Waals surface area contributed by atoms with Gasteiger partial charge < -0.3 is 19.5 Å². The number of hydrogen-bond donors (Lipinski definition) is 1. The number of ether oxygens (including phenoxy) is 1. The van der Waals surface area contributed by atoms with E-state index in [1.165, 1.54) is 7.11 Å². The maximum Gasteiger partial charge on any atom is 0.258 e. The summed E-state index contributed by atoms with van der Waals surface area (Å²) in [5.41, 5.74) is 2.31. The van der Waals surface area contributed by atoms with Crippen molar-refractivity contribution in [2.45, 2.75) is 13.5 Å². The molecule has 0 saturated heterocycles. The first-order valence-corrected chi connectivity index (χ1v) is 8.06. The third kappa shape index (κ3) is 4.49. The predicted molar refractivity (Wildman–Crippen MR) is 94.6 cm³/mol. The minimum absolute atomic E-state index is 0.104. The van der Waals surface area contributed by atoms with Crippen molar-refractivity contribution < 1.29 is 9.53 Å². The molecule has 130 valence electrons. The molecule has 1 aromatic heterocycles. The van der Waals surface area contributed by atoms with Gasteiger partial charge in [0.15, 0.2) is 0 Å². The molecule has 0 fully saturated rings. The van der Waals surface area contributed by atoms with E-state index in [1.807, 2.05) is 25.9 Å². The molecule has 2 aromatic rings. The summed E-state index contributed by atoms with van der Waals surface area (Å²) in [5.74, 6) is 0.369. The summed E-state index contributed by atoms with van der Waals surface area (Å²) in [5, 5.41) is 0.534. The summed E-state index contributed by atoms with van der Waals surface area (Å²) in [6.45, 7) is 3.72. The molecule has 0 aliphatic rings. The standard InChI is InChI=1S/C17H23ClN4O2/c1-12-15(20-11-19-12)10-22(8-7-21(2)3)17(23)14-6-5-13(18)9-16(14)24-4/h5-6,9,11H,7-8,10H2,1-4H3,(H,19,20). The Morgan fingerprint density at radius 1 is 1.33 bits per heavy atom. The molecule has 2 rings (SSSR count). The van der Waals surface area contributed by atoms with E-state index in [0.717, 1.165) is 17.9 Å². The first-order chi connectivity index (χ1) is 11.4. The smallest absolute Gasteiger partial charge is 0.258 e. The number of methoxy groups -OCH3 is 1. The van der Waals surface area contributed by atoms with Gasteiger partial charge in [-0.25, -0.2) is 4.98 Å². The number of aryl methyl sites for hydroxylation is 1. The second kappa shape index (κ2) is 8.17. The quantitative estimate of drug-likeness (QED) is 0.833. The normalized spacial score (nSPS) is 10.9. The van der Waals surface area contributed by atoms with Crippen LogP contribution >= 0.6 is 11.6 Å². The monoisotopic (exact) mass is 350 g/mol. The second-order valence-corrected chi connectivity index (χ2v) is 6.29. The van der Waals surface area contributed by atoms with Crippen LogP contribution in [-0.2, 0) is 6.54 Å². The van der Waals surface area contributed by atoms with Crippen molar-refractivity contribution in [1.29, 1.82) is 0 Å². The number of rotatable bonds is 7. The number of halogens is 1. The lowest BCUT2D eigenvalue weighted by Crippen LogP contribution is -2.36. The molecular weight excluding hydrogens is 328 g/mol. The zero-order valence-electron chi connectivity index (χ0n) is 14.5. The number of carbonyl (C=O) groups is 1. The highest BCUT2D eigenvalue weighted by atomic mass is 35.5. The molecular formula is C17H23ClN4O2. The van der Waals surface area contributed by atoms with Gasteiger partial charge in [-0.3, -0.25) is 4.79 Å². The number of aromatic amines is 1. The van der Waals surface area contributed by atoms with E-state index in [-0.39, 0.29) is 5.91 Å². The minimum Gasteiger partial charge on any atom is -0.496 e. The van der Waals surface area contributed by atoms with Crippen molar-refractivity contribution in [1.82, 2.24) is 19.8 Å². The fourth-order valence-electron chi connectivity index (χ4n) is 2.31. The van der Waals surface area contributed by atoms with Crippen LogP contribution in [0.1, 0.15) is 21.7 Å². The van der Waals surface area contributed by atoms with Crippen LogP contribution in [0.25, 0.3) is 0 Å². The van der Waals surface area contributed by atoms with Crippen LogP contribution in [-0.4, -0.2) is 60.0 Å². The van der Waals surface area contributed by atoms with Gasteiger partial charge in [-0.15, -0.1) is 0 Å². The Morgan fingerprint density at radius 3 is 2.67 bits per heavy atom. The van der Waals surface area contributed by atoms with Gasteiger partial charge in [0.2, 0.25) is 0 Å². The van der Waals surface area contributed by atoms with Crippen molar-refractivity contribution in [3.05, 3.63) is 46.5 Å². The Balaban J connectivity index is 2.28. The second-order valence-electron chi connectivity index (χ2n) is 5.85. The lowest BCUT2D eigenvalue weighted by atomic mass is 10.1. The topological polar surface area (TPSA) is 61.5 Å². The average Bonchev–Trinajstić information content (AvgIpc) is 2.95. The molecule has 24 heavy (non-hydrogen) atoms. The number of nitrogens with zero attached hydrogens (tertiary/aromatic N) is 3. The first kappa shape index (κ1) is 18.3. The van der Waals surface area contributed by atoms with E-state index in [0.29, 0.717) is 29.4 Å². The molecule has 0 aliphatic heterocycles. The zero-order valence-corrected chi connectivity index (χ0v) is 15.2. The number of carbonyl (C=O) groups excluding carboxylic acids is 1. The first-order valence-electron chi connectivity index (χ1n) is 7.68. The zero-order chi connectivity index (χ0) is 17.7. The molecule has 0 unspecified atom stereocenters. The van der Waals surface area contributed by atoms with Crippen LogP contribution in [0, 0.1) is 6.92 Å². The van der Waals surface area contributed by atoms with Gasteiger partial charge in [-0.1, -0.05) is 11.6 Å². The van der Waals surface area contributed by atoms with Gasteiger partial charge in [0, 0.05) is 23.8 Å². The van der Waals surface area contributed by atoms with Crippen molar-refractivity contribution in [2.75, 3.05) is 34.3 Å². The van der Waals surface area contributed by atoms with Crippen LogP contribution in [0.4, 0.5) is 0 Å². The maximum absolute atomic E-state index is 13.0. The third-order valence-corrected chi connectivity index (χ3v) is 4.01. The van der Waals surface area contributed by atoms with Gasteiger partial charge in [0.1, 0.15) is 5.75 Å². The Labute approximate surface area is 147 Å². The molecule has 1 amide bonds. The predicted octanol–water partition coefficient (Wildman–Crippen LogP) is 2.58. The highest BCUT2D eigenvalue weighted by Crippen LogP contribution is 2.25. The molecule has 1 aromatic carbocycles. The molecule has 1 heterocycles. The number of H-pyrrole nitrogens is 1. The van der Waals surface area contributed by atoms with E-state index >= 15 is 0 Å². The van der Waals surface area contributed by atoms with Crippen molar-refractivity contribution in [3.8, 4) is 5.75 Å². The average molecular weight is 351 g/mol. The minimum atomic E-state index is -0.104. The van der Waals surface area contributed by atoms with E-state index < -0.39 is 0 Å². The highest BCUT2D eigenvalue weighted by molar-refractivity contribution is 6.30. The molecule has 0 atom stereocenters. The lowest BCUT2D eigenvalue weighted by molar-refractivity contribution is 0.0726. The van der Waals surface area contributed by atoms with Crippen LogP contribution < -0.4 is 4.74 Å². The number of amides is 1. The number of hydrogen-bond acceptors (Lipinski definition) is 4. The van der Waals surface area contributed by atoms with Gasteiger partial charge in [0.25, 0.3) is 5.91 Å². The molecule has 6 nitrogen and oxygen atoms in total. The summed E-state index contributed by atoms with van der Waals surface area (Å²) < 4.78 is 5.32. The SMILES string of the molecule is COc1cc(Cl)ccc1C(=O)N(CCN(C)C)Cc1nc[nH]c1C. The molecule has 7 heteroatoms. The Hall–Kier alpha value is -2.05. The largest absolute Gasteiger partial charge is 0.496 e. The summed E-state index contributed by atoms with van der Waals surface area (Å²) in [6.07, 6.45) is 1.64. The summed E-state index contributed by atoms with van der Waals surface area (Å²) in [7, 11) is 5.49. The van der Waals surface area contributed by atoms with E-state index in [9.17, 15) is 4.79 Å². The Morgan fingerprint density at radius 2 is 2.08 bits per heavy atom. The van der Waals surface area contributed by atoms with Crippen LogP contribution in [0.5, 0.6) is 5.75 Å².